The normalized spacial score (nSPS) is 21.3. The van der Waals surface area contributed by atoms with Crippen molar-refractivity contribution in [3.63, 3.8) is 0 Å². The van der Waals surface area contributed by atoms with Crippen molar-refractivity contribution in [2.75, 3.05) is 0 Å². The third-order valence-electron chi connectivity index (χ3n) is 3.63. The summed E-state index contributed by atoms with van der Waals surface area (Å²) in [6, 6.07) is 0. The van der Waals surface area contributed by atoms with Crippen LogP contribution in [0.3, 0.4) is 0 Å². The molecule has 0 saturated heterocycles. The molecule has 2 saturated carbocycles. The fraction of sp³-hybridized carbons (Fsp3) is 0.933. The first-order valence-electron chi connectivity index (χ1n) is 7.16. The van der Waals surface area contributed by atoms with Gasteiger partial charge in [0.05, 0.1) is 0 Å². The zero-order chi connectivity index (χ0) is 13.5. The molecule has 115 valence electrons. The molecule has 0 aliphatic heterocycles. The SMILES string of the molecule is CC.CC(C)C1CC(F)(F)C1.CC[C-]1CCC1.[Ho]. The van der Waals surface area contributed by atoms with Crippen molar-refractivity contribution >= 4 is 0 Å². The topological polar surface area (TPSA) is 0 Å². The van der Waals surface area contributed by atoms with Crippen LogP contribution in [0.5, 0.6) is 0 Å². The summed E-state index contributed by atoms with van der Waals surface area (Å²) in [5.74, 6) is 0.161. The molecule has 2 rings (SSSR count). The van der Waals surface area contributed by atoms with E-state index in [2.05, 4.69) is 6.92 Å². The quantitative estimate of drug-likeness (QED) is 0.393. The second-order valence-electron chi connectivity index (χ2n) is 5.23. The fourth-order valence-electron chi connectivity index (χ4n) is 1.96. The molecule has 0 heterocycles. The molecule has 0 unspecified atom stereocenters. The van der Waals surface area contributed by atoms with Gasteiger partial charge in [-0.05, 0) is 11.8 Å². The number of rotatable bonds is 2. The van der Waals surface area contributed by atoms with Crippen molar-refractivity contribution in [1.82, 2.24) is 0 Å². The van der Waals surface area contributed by atoms with Gasteiger partial charge < -0.3 is 5.92 Å². The third kappa shape index (κ3) is 8.32. The van der Waals surface area contributed by atoms with Gasteiger partial charge in [0.1, 0.15) is 0 Å². The molecular formula is C15H29F2Ho-. The van der Waals surface area contributed by atoms with E-state index in [0.717, 1.165) is 0 Å². The van der Waals surface area contributed by atoms with Gasteiger partial charge in [-0.1, -0.05) is 34.6 Å². The Bertz CT molecular complexity index is 178. The summed E-state index contributed by atoms with van der Waals surface area (Å²) in [6.07, 6.45) is 5.88. The average molecular weight is 412 g/mol. The molecule has 1 radical (unpaired) electrons. The molecule has 2 aliphatic carbocycles. The van der Waals surface area contributed by atoms with Gasteiger partial charge in [0, 0.05) is 50.6 Å². The summed E-state index contributed by atoms with van der Waals surface area (Å²) in [5.41, 5.74) is 0. The molecule has 0 aromatic carbocycles. The van der Waals surface area contributed by atoms with Gasteiger partial charge >= 0.3 is 0 Å². The van der Waals surface area contributed by atoms with Crippen LogP contribution in [0.25, 0.3) is 0 Å². The first-order chi connectivity index (χ1) is 7.94. The Labute approximate surface area is 142 Å². The van der Waals surface area contributed by atoms with E-state index in [4.69, 9.17) is 0 Å². The predicted molar refractivity (Wildman–Crippen MR) is 71.2 cm³/mol. The molecule has 0 aromatic heterocycles. The Morgan fingerprint density at radius 2 is 1.61 bits per heavy atom. The summed E-state index contributed by atoms with van der Waals surface area (Å²) in [4.78, 5) is 0. The first-order valence-corrected chi connectivity index (χ1v) is 7.16. The van der Waals surface area contributed by atoms with E-state index in [9.17, 15) is 8.78 Å². The Balaban J connectivity index is 0. The van der Waals surface area contributed by atoms with Crippen molar-refractivity contribution in [2.45, 2.75) is 79.1 Å². The predicted octanol–water partition coefficient (Wildman–Crippen LogP) is 5.87. The van der Waals surface area contributed by atoms with E-state index in [-0.39, 0.29) is 56.5 Å². The van der Waals surface area contributed by atoms with E-state index < -0.39 is 5.92 Å². The molecule has 2 aliphatic rings. The number of alkyl halides is 2. The van der Waals surface area contributed by atoms with E-state index in [1.54, 1.807) is 5.92 Å². The zero-order valence-corrected chi connectivity index (χ0v) is 14.4. The maximum Gasteiger partial charge on any atom is 0.248 e. The molecule has 0 N–H and O–H groups in total. The monoisotopic (exact) mass is 412 g/mol. The fourth-order valence-corrected chi connectivity index (χ4v) is 1.96. The van der Waals surface area contributed by atoms with Gasteiger partial charge in [-0.15, -0.1) is 6.42 Å². The van der Waals surface area contributed by atoms with Crippen LogP contribution >= 0.6 is 0 Å². The summed E-state index contributed by atoms with van der Waals surface area (Å²) in [5, 5.41) is 0. The second-order valence-corrected chi connectivity index (χ2v) is 5.23. The van der Waals surface area contributed by atoms with Crippen LogP contribution in [-0.2, 0) is 0 Å². The number of hydrogen-bond donors (Lipinski definition) is 0. The van der Waals surface area contributed by atoms with Gasteiger partial charge in [-0.25, -0.2) is 8.78 Å². The molecule has 0 bridgehead atoms. The summed E-state index contributed by atoms with van der Waals surface area (Å²) < 4.78 is 24.3. The Morgan fingerprint density at radius 1 is 1.17 bits per heavy atom. The van der Waals surface area contributed by atoms with Crippen LogP contribution in [0, 0.1) is 55.5 Å². The molecule has 0 spiro atoms. The molecule has 0 amide bonds. The van der Waals surface area contributed by atoms with Crippen LogP contribution in [0.1, 0.15) is 73.1 Å². The van der Waals surface area contributed by atoms with Gasteiger partial charge in [-0.3, -0.25) is 0 Å². The molecule has 3 heteroatoms. The standard InChI is InChI=1S/C7H12F2.C6H11.C2H6.Ho/c1-5(2)6-3-7(8,9)4-6;1-2-6-4-3-5-6;1-2;/h5-6H,3-4H2,1-2H3;2-5H2,1H3;1-2H3;/q;-1;;. The van der Waals surface area contributed by atoms with Crippen molar-refractivity contribution in [3.8, 4) is 0 Å². The molecular weight excluding hydrogens is 383 g/mol. The van der Waals surface area contributed by atoms with E-state index in [1.165, 1.54) is 25.7 Å². The maximum atomic E-state index is 12.1. The molecule has 0 atom stereocenters. The first kappa shape index (κ1) is 21.4. The van der Waals surface area contributed by atoms with E-state index >= 15 is 0 Å². The van der Waals surface area contributed by atoms with E-state index in [1.807, 2.05) is 27.7 Å². The van der Waals surface area contributed by atoms with Crippen LogP contribution in [0.15, 0.2) is 0 Å². The van der Waals surface area contributed by atoms with Crippen LogP contribution in [-0.4, -0.2) is 5.92 Å². The molecule has 0 aromatic rings. The van der Waals surface area contributed by atoms with Crippen molar-refractivity contribution in [2.24, 2.45) is 11.8 Å². The minimum atomic E-state index is -2.32. The van der Waals surface area contributed by atoms with Gasteiger partial charge in [-0.2, -0.15) is 19.3 Å². The molecule has 18 heavy (non-hydrogen) atoms. The largest absolute Gasteiger partial charge is 0.314 e. The summed E-state index contributed by atoms with van der Waals surface area (Å²) in [7, 11) is 0. The van der Waals surface area contributed by atoms with E-state index in [0.29, 0.717) is 5.92 Å². The van der Waals surface area contributed by atoms with Crippen LogP contribution < -0.4 is 0 Å². The minimum absolute atomic E-state index is 0. The average Bonchev–Trinajstić information content (AvgIpc) is 2.16. The van der Waals surface area contributed by atoms with Crippen molar-refractivity contribution in [1.29, 1.82) is 0 Å². The molecule has 2 fully saturated rings. The Hall–Kier alpha value is 1.12. The summed E-state index contributed by atoms with van der Waals surface area (Å²) in [6.45, 7) is 10.2. The van der Waals surface area contributed by atoms with Gasteiger partial charge in [0.25, 0.3) is 0 Å². The van der Waals surface area contributed by atoms with Gasteiger partial charge in [0.2, 0.25) is 5.92 Å². The van der Waals surface area contributed by atoms with Gasteiger partial charge in [0.15, 0.2) is 0 Å². The number of hydrogen-bond acceptors (Lipinski definition) is 0. The summed E-state index contributed by atoms with van der Waals surface area (Å²) >= 11 is 0. The second kappa shape index (κ2) is 10.9. The molecule has 0 nitrogen and oxygen atoms in total. The Kier molecular flexibility index (Phi) is 12.9. The minimum Gasteiger partial charge on any atom is -0.314 e. The smallest absolute Gasteiger partial charge is 0.248 e. The Morgan fingerprint density at radius 3 is 1.67 bits per heavy atom. The van der Waals surface area contributed by atoms with Crippen LogP contribution in [0.2, 0.25) is 0 Å². The zero-order valence-electron chi connectivity index (χ0n) is 12.5. The number of halogens is 2. The third-order valence-corrected chi connectivity index (χ3v) is 3.63. The van der Waals surface area contributed by atoms with Crippen molar-refractivity contribution < 1.29 is 46.5 Å². The van der Waals surface area contributed by atoms with Crippen LogP contribution in [0.4, 0.5) is 8.78 Å². The maximum absolute atomic E-state index is 12.1. The van der Waals surface area contributed by atoms with Crippen molar-refractivity contribution in [3.05, 3.63) is 5.92 Å².